The van der Waals surface area contributed by atoms with E-state index >= 15 is 0 Å². The van der Waals surface area contributed by atoms with Crippen molar-refractivity contribution < 1.29 is 9.59 Å². The fourth-order valence-corrected chi connectivity index (χ4v) is 1.64. The maximum absolute atomic E-state index is 11.4. The maximum atomic E-state index is 11.4. The standard InChI is InChI=1S/C12H19NO2/c1-4-5-11(15)13-10-8-9(14)6-7-12(10,2)3/h8H,4-7H2,1-3H3,(H,13,15). The van der Waals surface area contributed by atoms with Gasteiger partial charge in [-0.15, -0.1) is 0 Å². The molecule has 0 saturated heterocycles. The molecule has 1 aliphatic rings. The van der Waals surface area contributed by atoms with Crippen LogP contribution in [0, 0.1) is 5.41 Å². The van der Waals surface area contributed by atoms with Crippen LogP contribution >= 0.6 is 0 Å². The summed E-state index contributed by atoms with van der Waals surface area (Å²) in [5.41, 5.74) is 0.689. The molecule has 1 aliphatic carbocycles. The molecule has 3 nitrogen and oxygen atoms in total. The molecule has 1 N–H and O–H groups in total. The smallest absolute Gasteiger partial charge is 0.224 e. The molecular weight excluding hydrogens is 190 g/mol. The predicted octanol–water partition coefficient (Wildman–Crippen LogP) is 2.18. The van der Waals surface area contributed by atoms with Crippen LogP contribution < -0.4 is 5.32 Å². The minimum absolute atomic E-state index is 0.00604. The quantitative estimate of drug-likeness (QED) is 0.774. The zero-order valence-corrected chi connectivity index (χ0v) is 9.72. The molecule has 0 atom stereocenters. The molecule has 0 spiro atoms. The Morgan fingerprint density at radius 3 is 2.80 bits per heavy atom. The predicted molar refractivity (Wildman–Crippen MR) is 59.2 cm³/mol. The van der Waals surface area contributed by atoms with E-state index in [1.165, 1.54) is 0 Å². The highest BCUT2D eigenvalue weighted by Crippen LogP contribution is 2.33. The van der Waals surface area contributed by atoms with Gasteiger partial charge in [0.15, 0.2) is 5.78 Å². The number of nitrogens with one attached hydrogen (secondary N) is 1. The molecule has 0 saturated carbocycles. The normalized spacial score (nSPS) is 19.7. The van der Waals surface area contributed by atoms with Crippen molar-refractivity contribution in [3.05, 3.63) is 11.8 Å². The molecule has 0 aromatic carbocycles. The van der Waals surface area contributed by atoms with Crippen LogP contribution in [0.3, 0.4) is 0 Å². The van der Waals surface area contributed by atoms with Gasteiger partial charge in [-0.1, -0.05) is 20.8 Å². The van der Waals surface area contributed by atoms with E-state index in [1.807, 2.05) is 6.92 Å². The fraction of sp³-hybridized carbons (Fsp3) is 0.667. The highest BCUT2D eigenvalue weighted by molar-refractivity contribution is 5.92. The maximum Gasteiger partial charge on any atom is 0.224 e. The number of hydrogen-bond donors (Lipinski definition) is 1. The van der Waals surface area contributed by atoms with Gasteiger partial charge >= 0.3 is 0 Å². The third-order valence-corrected chi connectivity index (χ3v) is 2.78. The van der Waals surface area contributed by atoms with Crippen molar-refractivity contribution in [1.29, 1.82) is 0 Å². The first-order valence-electron chi connectivity index (χ1n) is 5.50. The lowest BCUT2D eigenvalue weighted by atomic mass is 9.79. The zero-order chi connectivity index (χ0) is 11.5. The summed E-state index contributed by atoms with van der Waals surface area (Å²) in [5.74, 6) is 0.118. The second-order valence-electron chi connectivity index (χ2n) is 4.71. The van der Waals surface area contributed by atoms with E-state index in [0.717, 1.165) is 18.5 Å². The van der Waals surface area contributed by atoms with Gasteiger partial charge in [-0.3, -0.25) is 9.59 Å². The van der Waals surface area contributed by atoms with E-state index in [9.17, 15) is 9.59 Å². The number of ketones is 1. The molecule has 1 rings (SSSR count). The van der Waals surface area contributed by atoms with Crippen LogP contribution in [-0.2, 0) is 9.59 Å². The summed E-state index contributed by atoms with van der Waals surface area (Å²) < 4.78 is 0. The first kappa shape index (κ1) is 12.0. The average molecular weight is 209 g/mol. The van der Waals surface area contributed by atoms with Crippen molar-refractivity contribution in [2.45, 2.75) is 46.5 Å². The van der Waals surface area contributed by atoms with E-state index in [-0.39, 0.29) is 17.1 Å². The fourth-order valence-electron chi connectivity index (χ4n) is 1.64. The molecule has 1 amide bonds. The van der Waals surface area contributed by atoms with Gasteiger partial charge in [0.1, 0.15) is 0 Å². The summed E-state index contributed by atoms with van der Waals surface area (Å²) in [4.78, 5) is 22.7. The number of carbonyl (C=O) groups is 2. The summed E-state index contributed by atoms with van der Waals surface area (Å²) in [7, 11) is 0. The van der Waals surface area contributed by atoms with Gasteiger partial charge in [0.25, 0.3) is 0 Å². The molecule has 0 aromatic rings. The van der Waals surface area contributed by atoms with Gasteiger partial charge in [0.2, 0.25) is 5.91 Å². The topological polar surface area (TPSA) is 46.2 Å². The minimum Gasteiger partial charge on any atom is -0.329 e. The second kappa shape index (κ2) is 4.60. The first-order valence-corrected chi connectivity index (χ1v) is 5.50. The monoisotopic (exact) mass is 209 g/mol. The lowest BCUT2D eigenvalue weighted by Crippen LogP contribution is -2.34. The number of allylic oxidation sites excluding steroid dienone is 2. The van der Waals surface area contributed by atoms with Crippen molar-refractivity contribution in [2.24, 2.45) is 5.41 Å². The molecule has 0 aromatic heterocycles. The van der Waals surface area contributed by atoms with Crippen LogP contribution in [0.25, 0.3) is 0 Å². The molecule has 0 unspecified atom stereocenters. The number of amides is 1. The van der Waals surface area contributed by atoms with Gasteiger partial charge < -0.3 is 5.32 Å². The summed E-state index contributed by atoms with van der Waals surface area (Å²) in [6, 6.07) is 0. The van der Waals surface area contributed by atoms with Gasteiger partial charge in [-0.25, -0.2) is 0 Å². The van der Waals surface area contributed by atoms with Gasteiger partial charge in [-0.2, -0.15) is 0 Å². The van der Waals surface area contributed by atoms with Crippen molar-refractivity contribution in [2.75, 3.05) is 0 Å². The number of rotatable bonds is 3. The molecule has 15 heavy (non-hydrogen) atoms. The summed E-state index contributed by atoms with van der Waals surface area (Å²) >= 11 is 0. The molecule has 0 radical (unpaired) electrons. The van der Waals surface area contributed by atoms with E-state index in [0.29, 0.717) is 12.8 Å². The van der Waals surface area contributed by atoms with Crippen molar-refractivity contribution in [3.63, 3.8) is 0 Å². The summed E-state index contributed by atoms with van der Waals surface area (Å²) in [5, 5.41) is 2.84. The lowest BCUT2D eigenvalue weighted by Gasteiger charge is -2.31. The lowest BCUT2D eigenvalue weighted by molar-refractivity contribution is -0.120. The molecule has 0 bridgehead atoms. The van der Waals surface area contributed by atoms with Crippen LogP contribution in [0.2, 0.25) is 0 Å². The molecule has 0 aliphatic heterocycles. The van der Waals surface area contributed by atoms with Crippen molar-refractivity contribution >= 4 is 11.7 Å². The van der Waals surface area contributed by atoms with Crippen LogP contribution in [0.4, 0.5) is 0 Å². The first-order chi connectivity index (χ1) is 6.95. The minimum atomic E-state index is -0.0860. The Morgan fingerprint density at radius 1 is 1.53 bits per heavy atom. The molecule has 0 fully saturated rings. The van der Waals surface area contributed by atoms with Crippen molar-refractivity contribution in [1.82, 2.24) is 5.32 Å². The molecule has 3 heteroatoms. The third-order valence-electron chi connectivity index (χ3n) is 2.78. The van der Waals surface area contributed by atoms with E-state index in [4.69, 9.17) is 0 Å². The van der Waals surface area contributed by atoms with Crippen LogP contribution in [0.1, 0.15) is 46.5 Å². The Balaban J connectivity index is 2.73. The van der Waals surface area contributed by atoms with Crippen LogP contribution in [0.15, 0.2) is 11.8 Å². The van der Waals surface area contributed by atoms with Gasteiger partial charge in [0.05, 0.1) is 0 Å². The Labute approximate surface area is 90.9 Å². The van der Waals surface area contributed by atoms with E-state index in [1.54, 1.807) is 6.08 Å². The second-order valence-corrected chi connectivity index (χ2v) is 4.71. The zero-order valence-electron chi connectivity index (χ0n) is 9.72. The molecule has 0 heterocycles. The van der Waals surface area contributed by atoms with E-state index < -0.39 is 0 Å². The Hall–Kier alpha value is -1.12. The largest absolute Gasteiger partial charge is 0.329 e. The van der Waals surface area contributed by atoms with Gasteiger partial charge in [0, 0.05) is 30.0 Å². The Bertz CT molecular complexity index is 303. The summed E-state index contributed by atoms with van der Waals surface area (Å²) in [6.07, 6.45) is 4.32. The van der Waals surface area contributed by atoms with Crippen LogP contribution in [-0.4, -0.2) is 11.7 Å². The third kappa shape index (κ3) is 3.18. The van der Waals surface area contributed by atoms with Crippen LogP contribution in [0.5, 0.6) is 0 Å². The van der Waals surface area contributed by atoms with Gasteiger partial charge in [-0.05, 0) is 12.8 Å². The SMILES string of the molecule is CCCC(=O)NC1=CC(=O)CCC1(C)C. The highest BCUT2D eigenvalue weighted by Gasteiger charge is 2.29. The number of carbonyl (C=O) groups excluding carboxylic acids is 2. The highest BCUT2D eigenvalue weighted by atomic mass is 16.1. The summed E-state index contributed by atoms with van der Waals surface area (Å²) in [6.45, 7) is 6.07. The average Bonchev–Trinajstić information content (AvgIpc) is 2.12. The van der Waals surface area contributed by atoms with E-state index in [2.05, 4.69) is 19.2 Å². The number of hydrogen-bond acceptors (Lipinski definition) is 2. The Morgan fingerprint density at radius 2 is 2.20 bits per heavy atom. The molecule has 84 valence electrons. The Kier molecular flexibility index (Phi) is 3.66. The van der Waals surface area contributed by atoms with Crippen molar-refractivity contribution in [3.8, 4) is 0 Å². The molecular formula is C12H19NO2.